The fourth-order valence-electron chi connectivity index (χ4n) is 9.23. The van der Waals surface area contributed by atoms with Crippen molar-refractivity contribution in [3.05, 3.63) is 23.3 Å². The molecule has 4 rings (SSSR count). The molecule has 0 aromatic rings. The van der Waals surface area contributed by atoms with Crippen molar-refractivity contribution in [3.63, 3.8) is 0 Å². The zero-order valence-corrected chi connectivity index (χ0v) is 35.0. The lowest BCUT2D eigenvalue weighted by Crippen LogP contribution is -2.64. The predicted molar refractivity (Wildman–Crippen MR) is 207 cm³/mol. The van der Waals surface area contributed by atoms with Crippen molar-refractivity contribution in [1.82, 2.24) is 4.90 Å². The highest BCUT2D eigenvalue weighted by Crippen LogP contribution is 2.39. The molecule has 13 atom stereocenters. The van der Waals surface area contributed by atoms with Gasteiger partial charge in [0.2, 0.25) is 5.79 Å². The summed E-state index contributed by atoms with van der Waals surface area (Å²) in [5.74, 6) is -7.60. The van der Waals surface area contributed by atoms with E-state index in [-0.39, 0.29) is 49.2 Å². The molecule has 13 nitrogen and oxygen atoms in total. The Morgan fingerprint density at radius 3 is 2.27 bits per heavy atom. The molecule has 4 aliphatic rings. The predicted octanol–water partition coefficient (Wildman–Crippen LogP) is 4.68. The molecule has 0 unspecified atom stereocenters. The largest absolute Gasteiger partial charge is 0.456 e. The van der Waals surface area contributed by atoms with Gasteiger partial charge in [0.25, 0.3) is 11.7 Å². The van der Waals surface area contributed by atoms with Crippen LogP contribution in [0.15, 0.2) is 23.3 Å². The van der Waals surface area contributed by atoms with Gasteiger partial charge in [0.05, 0.1) is 18.3 Å². The number of piperidine rings is 1. The second-order valence-electron chi connectivity index (χ2n) is 17.0. The molecule has 0 aromatic carbocycles. The summed E-state index contributed by atoms with van der Waals surface area (Å²) in [6.45, 7) is 11.2. The van der Waals surface area contributed by atoms with Gasteiger partial charge in [-0.15, -0.1) is 0 Å². The number of ketones is 3. The van der Waals surface area contributed by atoms with Crippen LogP contribution >= 0.6 is 0 Å². The summed E-state index contributed by atoms with van der Waals surface area (Å²) in [5, 5.41) is 23.6. The third-order valence-corrected chi connectivity index (χ3v) is 12.7. The van der Waals surface area contributed by atoms with Gasteiger partial charge in [-0.1, -0.05) is 45.4 Å². The lowest BCUT2D eigenvalue weighted by Gasteiger charge is -2.47. The number of hydrogen-bond donors (Lipinski definition) is 2. The molecule has 2 saturated heterocycles. The Hall–Kier alpha value is -2.81. The number of carbonyl (C=O) groups is 5. The number of allylic oxidation sites excluding steroid dienone is 3. The van der Waals surface area contributed by atoms with Crippen LogP contribution in [0.5, 0.6) is 0 Å². The minimum atomic E-state index is -2.51. The molecule has 316 valence electrons. The quantitative estimate of drug-likeness (QED) is 0.216. The minimum Gasteiger partial charge on any atom is -0.456 e. The monoisotopic (exact) mass is 789 g/mol. The van der Waals surface area contributed by atoms with E-state index in [1.54, 1.807) is 20.8 Å². The molecule has 1 saturated carbocycles. The standard InChI is InChI=1S/C43H67NO12/c1-10-30-18-24(2)17-25(3)19-36(53-8)39-37(54-9)21-27(5)43(51,56-39)40(48)41(49)44-16-12-11-13-31(44)42(50)55-38(28(6)33(46)23-34(30)47)26(4)20-29-14-15-32(45)35(22-29)52-7/h18,20,25,27-31,33,35-39,46,51H,10-17,19,21-23H2,1-9H3/b24-18-,26-20+/t25-,27+,28+,29-,30-,31+,33-,35+,36-,37-,38-,39-,43+/m0/s1. The van der Waals surface area contributed by atoms with Crippen molar-refractivity contribution in [1.29, 1.82) is 0 Å². The fourth-order valence-corrected chi connectivity index (χ4v) is 9.23. The summed E-state index contributed by atoms with van der Waals surface area (Å²) in [7, 11) is 4.56. The molecular weight excluding hydrogens is 722 g/mol. The van der Waals surface area contributed by atoms with Crippen molar-refractivity contribution in [2.45, 2.75) is 161 Å². The average molecular weight is 790 g/mol. The molecule has 3 aliphatic heterocycles. The van der Waals surface area contributed by atoms with E-state index in [1.165, 1.54) is 26.2 Å². The van der Waals surface area contributed by atoms with E-state index in [2.05, 4.69) is 0 Å². The van der Waals surface area contributed by atoms with Crippen molar-refractivity contribution < 1.29 is 57.9 Å². The van der Waals surface area contributed by atoms with E-state index in [4.69, 9.17) is 23.7 Å². The minimum absolute atomic E-state index is 0.0312. The van der Waals surface area contributed by atoms with Gasteiger partial charge in [-0.05, 0) is 89.0 Å². The highest BCUT2D eigenvalue weighted by molar-refractivity contribution is 6.39. The van der Waals surface area contributed by atoms with E-state index in [0.29, 0.717) is 56.9 Å². The van der Waals surface area contributed by atoms with E-state index < -0.39 is 83.9 Å². The van der Waals surface area contributed by atoms with Crippen LogP contribution in [0.2, 0.25) is 0 Å². The molecule has 1 aliphatic carbocycles. The van der Waals surface area contributed by atoms with Gasteiger partial charge in [-0.3, -0.25) is 19.2 Å². The summed E-state index contributed by atoms with van der Waals surface area (Å²) >= 11 is 0. The highest BCUT2D eigenvalue weighted by atomic mass is 16.7. The number of rotatable bonds is 6. The number of cyclic esters (lactones) is 1. The molecule has 3 fully saturated rings. The normalized spacial score (nSPS) is 40.3. The Morgan fingerprint density at radius 1 is 0.946 bits per heavy atom. The molecule has 0 radical (unpaired) electrons. The van der Waals surface area contributed by atoms with Crippen LogP contribution in [0.4, 0.5) is 0 Å². The molecule has 1 amide bonds. The van der Waals surface area contributed by atoms with Gasteiger partial charge in [-0.2, -0.15) is 0 Å². The third-order valence-electron chi connectivity index (χ3n) is 12.7. The molecule has 0 spiro atoms. The second kappa shape index (κ2) is 20.2. The van der Waals surface area contributed by atoms with Crippen LogP contribution in [0.1, 0.15) is 112 Å². The number of aliphatic hydroxyl groups is 2. The number of amides is 1. The van der Waals surface area contributed by atoms with Crippen LogP contribution in [0.25, 0.3) is 0 Å². The first-order valence-corrected chi connectivity index (χ1v) is 20.6. The number of Topliss-reactive ketones (excluding diaryl/α,β-unsaturated/α-hetero) is 3. The van der Waals surface area contributed by atoms with Gasteiger partial charge < -0.3 is 38.8 Å². The first-order chi connectivity index (χ1) is 26.5. The van der Waals surface area contributed by atoms with E-state index >= 15 is 0 Å². The Labute approximate surface area is 332 Å². The van der Waals surface area contributed by atoms with Crippen LogP contribution < -0.4 is 0 Å². The number of methoxy groups -OCH3 is 3. The molecule has 2 bridgehead atoms. The lowest BCUT2D eigenvalue weighted by atomic mass is 9.82. The fraction of sp³-hybridized carbons (Fsp3) is 0.791. The summed E-state index contributed by atoms with van der Waals surface area (Å²) in [4.78, 5) is 70.0. The number of hydrogen-bond acceptors (Lipinski definition) is 12. The van der Waals surface area contributed by atoms with E-state index in [1.807, 2.05) is 32.9 Å². The zero-order chi connectivity index (χ0) is 41.5. The molecule has 2 N–H and O–H groups in total. The van der Waals surface area contributed by atoms with Gasteiger partial charge in [0, 0.05) is 58.5 Å². The second-order valence-corrected chi connectivity index (χ2v) is 17.0. The van der Waals surface area contributed by atoms with Crippen molar-refractivity contribution >= 4 is 29.2 Å². The number of carbonyl (C=O) groups excluding carboxylic acids is 5. The topological polar surface area (TPSA) is 175 Å². The lowest BCUT2D eigenvalue weighted by molar-refractivity contribution is -0.302. The first-order valence-electron chi connectivity index (χ1n) is 20.6. The van der Waals surface area contributed by atoms with Gasteiger partial charge >= 0.3 is 5.97 Å². The summed E-state index contributed by atoms with van der Waals surface area (Å²) in [6, 6.07) is -1.14. The van der Waals surface area contributed by atoms with Gasteiger partial charge in [0.1, 0.15) is 30.1 Å². The van der Waals surface area contributed by atoms with Gasteiger partial charge in [-0.25, -0.2) is 4.79 Å². The maximum absolute atomic E-state index is 14.3. The maximum atomic E-state index is 14.3. The molecule has 13 heteroatoms. The van der Waals surface area contributed by atoms with Gasteiger partial charge in [0.15, 0.2) is 5.78 Å². The Kier molecular flexibility index (Phi) is 16.6. The van der Waals surface area contributed by atoms with Crippen LogP contribution in [0.3, 0.4) is 0 Å². The van der Waals surface area contributed by atoms with Crippen LogP contribution in [-0.2, 0) is 47.7 Å². The van der Waals surface area contributed by atoms with Crippen molar-refractivity contribution in [2.24, 2.45) is 29.6 Å². The number of esters is 1. The number of ether oxygens (including phenoxy) is 5. The maximum Gasteiger partial charge on any atom is 0.329 e. The first kappa shape index (κ1) is 45.9. The average Bonchev–Trinajstić information content (AvgIpc) is 3.18. The Bertz CT molecular complexity index is 1480. The molecular formula is C43H67NO12. The number of aliphatic hydroxyl groups excluding tert-OH is 1. The van der Waals surface area contributed by atoms with Crippen LogP contribution in [-0.4, -0.2) is 121 Å². The van der Waals surface area contributed by atoms with Crippen LogP contribution in [0, 0.1) is 29.6 Å². The zero-order valence-electron chi connectivity index (χ0n) is 35.0. The highest BCUT2D eigenvalue weighted by Gasteiger charge is 2.56. The number of fused-ring (bicyclic) bond motifs is 3. The molecule has 56 heavy (non-hydrogen) atoms. The summed E-state index contributed by atoms with van der Waals surface area (Å²) in [6.07, 6.45) is 3.56. The third kappa shape index (κ3) is 10.6. The Balaban J connectivity index is 1.77. The Morgan fingerprint density at radius 2 is 1.62 bits per heavy atom. The van der Waals surface area contributed by atoms with Crippen molar-refractivity contribution in [3.8, 4) is 0 Å². The number of nitrogens with zero attached hydrogens (tertiary/aromatic N) is 1. The SMILES string of the molecule is CC[C@H]1/C=C(/C)C[C@H](C)C[C@H](OC)[C@@H]2O[C@@](O)(C(=O)C(=O)N3CCCC[C@@H]3C(=O)O[C@@H](/C(C)=C/[C@@H]3CCC(=O)[C@H](OC)C3)[C@H](C)[C@@H](O)CC1=O)[C@H](C)C[C@@H]2OC. The molecule has 3 heterocycles. The summed E-state index contributed by atoms with van der Waals surface area (Å²) in [5.41, 5.74) is 1.62. The molecule has 0 aromatic heterocycles. The van der Waals surface area contributed by atoms with Crippen molar-refractivity contribution in [2.75, 3.05) is 27.9 Å². The smallest absolute Gasteiger partial charge is 0.329 e. The summed E-state index contributed by atoms with van der Waals surface area (Å²) < 4.78 is 29.6. The van der Waals surface area contributed by atoms with E-state index in [9.17, 15) is 34.2 Å². The van der Waals surface area contributed by atoms with E-state index in [0.717, 1.165) is 5.57 Å².